The van der Waals surface area contributed by atoms with Gasteiger partial charge in [-0.25, -0.2) is 0 Å². The van der Waals surface area contributed by atoms with Crippen molar-refractivity contribution in [1.82, 2.24) is 0 Å². The first-order valence-electron chi connectivity index (χ1n) is 2.90. The molecule has 0 atom stereocenters. The van der Waals surface area contributed by atoms with Gasteiger partial charge in [-0.2, -0.15) is 0 Å². The summed E-state index contributed by atoms with van der Waals surface area (Å²) < 4.78 is 79.0. The Bertz CT molecular complexity index is 485. The van der Waals surface area contributed by atoms with Gasteiger partial charge in [-0.1, -0.05) is 0 Å². The summed E-state index contributed by atoms with van der Waals surface area (Å²) in [5, 5.41) is 0. The Morgan fingerprint density at radius 1 is 0.944 bits per heavy atom. The average molecular weight is 572 g/mol. The van der Waals surface area contributed by atoms with E-state index in [-0.39, 0.29) is 0 Å². The number of hydrogen-bond donors (Lipinski definition) is 6. The molecular weight excluding hydrogens is 566 g/mol. The van der Waals surface area contributed by atoms with E-state index in [9.17, 15) is 22.7 Å². The van der Waals surface area contributed by atoms with Gasteiger partial charge < -0.3 is 0 Å². The first-order chi connectivity index (χ1) is 7.41. The summed E-state index contributed by atoms with van der Waals surface area (Å²) in [5.41, 5.74) is 0. The second kappa shape index (κ2) is 6.94. The van der Waals surface area contributed by atoms with Crippen molar-refractivity contribution in [3.05, 3.63) is 0 Å². The molecule has 0 amide bonds. The molecule has 0 aromatic rings. The van der Waals surface area contributed by atoms with Crippen LogP contribution in [0.4, 0.5) is 0 Å². The molecule has 0 saturated heterocycles. The summed E-state index contributed by atoms with van der Waals surface area (Å²) in [6.07, 6.45) is 0. The maximum atomic E-state index is 9.61. The Labute approximate surface area is 105 Å². The minimum absolute atomic E-state index is 2.93. The van der Waals surface area contributed by atoms with E-state index in [0.717, 1.165) is 0 Å². The molecule has 18 heavy (non-hydrogen) atoms. The van der Waals surface area contributed by atoms with Gasteiger partial charge in [-0.05, 0) is 0 Å². The summed E-state index contributed by atoms with van der Waals surface area (Å²) >= 11 is -12.2. The third kappa shape index (κ3) is 25.5. The molecule has 112 valence electrons. The van der Waals surface area contributed by atoms with E-state index < -0.39 is 49.1 Å². The van der Waals surface area contributed by atoms with Crippen LogP contribution in [0.5, 0.6) is 0 Å². The molecule has 14 nitrogen and oxygen atoms in total. The Morgan fingerprint density at radius 2 is 1.28 bits per heavy atom. The molecule has 0 aliphatic rings. The molecule has 0 aliphatic heterocycles. The third-order valence-corrected chi connectivity index (χ3v) is 8.09. The summed E-state index contributed by atoms with van der Waals surface area (Å²) in [4.78, 5) is 30.9. The predicted molar refractivity (Wildman–Crippen MR) is 33.4 cm³/mol. The van der Waals surface area contributed by atoms with Crippen molar-refractivity contribution in [3.63, 3.8) is 0 Å². The van der Waals surface area contributed by atoms with Crippen LogP contribution in [0.15, 0.2) is 0 Å². The van der Waals surface area contributed by atoms with Gasteiger partial charge in [0.15, 0.2) is 0 Å². The topological polar surface area (TPSA) is 242 Å². The van der Waals surface area contributed by atoms with Crippen LogP contribution in [0, 0.1) is 0 Å². The number of phosphoric acid groups is 2. The average Bonchev–Trinajstić information content (AvgIpc) is 1.64. The third-order valence-electron chi connectivity index (χ3n) is 0.383. The van der Waals surface area contributed by atoms with Crippen LogP contribution < -0.4 is 0 Å². The van der Waals surface area contributed by atoms with Gasteiger partial charge in [-0.15, -0.1) is 0 Å². The molecule has 6 N–H and O–H groups in total. The van der Waals surface area contributed by atoms with Gasteiger partial charge in [-0.3, -0.25) is 0 Å². The summed E-state index contributed by atoms with van der Waals surface area (Å²) in [7, 11) is -10.1. The molecule has 18 heteroatoms. The minimum atomic E-state index is -6.19. The van der Waals surface area contributed by atoms with Crippen LogP contribution in [-0.4, -0.2) is 27.1 Å². The van der Waals surface area contributed by atoms with Crippen LogP contribution >= 0.6 is 15.6 Å². The second-order valence-electron chi connectivity index (χ2n) is 1.99. The SMILES string of the molecule is O=P(O)(O)[O][Mo](=[O])(=[O])[OH].O=P(O)(O)[O][W](=[O])(=[O])[OH]. The van der Waals surface area contributed by atoms with Crippen molar-refractivity contribution in [2.75, 3.05) is 0 Å². The predicted octanol–water partition coefficient (Wildman–Crippen LogP) is -2.47. The summed E-state index contributed by atoms with van der Waals surface area (Å²) in [6, 6.07) is 0. The van der Waals surface area contributed by atoms with E-state index in [0.29, 0.717) is 0 Å². The standard InChI is InChI=1S/Mo.2H3O4P.2H2O.4O.W/c;2*1-5(2,3)4;;;;;;;/h;2*(H3,1,2,3,4);2*1H2;;;;;/q+2;;;;;;;;;+2/p-4. The molecule has 0 heterocycles. The molecule has 0 bridgehead atoms. The van der Waals surface area contributed by atoms with Crippen LogP contribution in [0.2, 0.25) is 0 Å². The summed E-state index contributed by atoms with van der Waals surface area (Å²) in [6.45, 7) is 0. The van der Waals surface area contributed by atoms with E-state index in [1.807, 2.05) is 0 Å². The van der Waals surface area contributed by atoms with Crippen molar-refractivity contribution >= 4 is 15.6 Å². The molecule has 0 saturated carbocycles. The Hall–Kier alpha value is 0.717. The summed E-state index contributed by atoms with van der Waals surface area (Å²) in [5.74, 6) is 0. The molecule has 0 radical (unpaired) electrons. The van der Waals surface area contributed by atoms with Gasteiger partial charge >= 0.3 is 105 Å². The van der Waals surface area contributed by atoms with Crippen molar-refractivity contribution in [2.45, 2.75) is 0 Å². The van der Waals surface area contributed by atoms with Crippen molar-refractivity contribution < 1.29 is 89.7 Å². The Kier molecular flexibility index (Phi) is 8.10. The van der Waals surface area contributed by atoms with Gasteiger partial charge in [0.2, 0.25) is 0 Å². The fourth-order valence-electron chi connectivity index (χ4n) is 0.245. The molecule has 0 aliphatic carbocycles. The number of rotatable bonds is 4. The van der Waals surface area contributed by atoms with Crippen LogP contribution in [0.25, 0.3) is 0 Å². The monoisotopic (exact) mass is 574 g/mol. The quantitative estimate of drug-likeness (QED) is 0.151. The van der Waals surface area contributed by atoms with Gasteiger partial charge in [0, 0.05) is 0 Å². The van der Waals surface area contributed by atoms with Gasteiger partial charge in [0.05, 0.1) is 0 Å². The van der Waals surface area contributed by atoms with Crippen molar-refractivity contribution in [2.24, 2.45) is 0 Å². The van der Waals surface area contributed by atoms with Crippen molar-refractivity contribution in [3.8, 4) is 0 Å². The maximum absolute atomic E-state index is 9.61. The molecule has 0 aromatic carbocycles. The fourth-order valence-corrected chi connectivity index (χ4v) is 5.19. The van der Waals surface area contributed by atoms with E-state index in [1.54, 1.807) is 0 Å². The fraction of sp³-hybridized carbons (Fsp3) is 0. The first kappa shape index (κ1) is 21.0. The molecule has 0 fully saturated rings. The molecule has 0 aromatic heterocycles. The normalized spacial score (nSPS) is 13.7. The molecule has 0 unspecified atom stereocenters. The zero-order valence-corrected chi connectivity index (χ0v) is 14.4. The van der Waals surface area contributed by atoms with Crippen LogP contribution in [-0.2, 0) is 62.6 Å². The van der Waals surface area contributed by atoms with E-state index in [1.165, 1.54) is 0 Å². The van der Waals surface area contributed by atoms with Crippen molar-refractivity contribution in [1.29, 1.82) is 0 Å². The van der Waals surface area contributed by atoms with Crippen LogP contribution in [0.3, 0.4) is 0 Å². The zero-order chi connectivity index (χ0) is 15.4. The van der Waals surface area contributed by atoms with Gasteiger partial charge in [0.1, 0.15) is 0 Å². The van der Waals surface area contributed by atoms with E-state index >= 15 is 0 Å². The zero-order valence-electron chi connectivity index (χ0n) is 7.66. The van der Waals surface area contributed by atoms with Crippen LogP contribution in [0.1, 0.15) is 0 Å². The number of hydrogen-bond acceptors (Lipinski definition) is 8. The Balaban J connectivity index is 0. The Morgan fingerprint density at radius 3 is 1.28 bits per heavy atom. The second-order valence-corrected chi connectivity index (χ2v) is 12.1. The molecule has 0 rings (SSSR count). The first-order valence-corrected chi connectivity index (χ1v) is 14.2. The molecular formula is H6MoO14P2W. The van der Waals surface area contributed by atoms with Gasteiger partial charge in [0.25, 0.3) is 0 Å². The van der Waals surface area contributed by atoms with E-state index in [2.05, 4.69) is 6.35 Å². The molecule has 0 spiro atoms. The van der Waals surface area contributed by atoms with E-state index in [4.69, 9.17) is 27.1 Å².